The van der Waals surface area contributed by atoms with E-state index < -0.39 is 0 Å². The first kappa shape index (κ1) is 42.1. The highest BCUT2D eigenvalue weighted by molar-refractivity contribution is 5.20. The smallest absolute Gasteiger partial charge is 0.233 e. The Labute approximate surface area is 310 Å². The summed E-state index contributed by atoms with van der Waals surface area (Å²) in [5.41, 5.74) is 4.44. The lowest BCUT2D eigenvalue weighted by Crippen LogP contribution is -2.39. The van der Waals surface area contributed by atoms with Crippen LogP contribution in [-0.2, 0) is 25.9 Å². The van der Waals surface area contributed by atoms with E-state index in [0.717, 1.165) is 13.0 Å². The van der Waals surface area contributed by atoms with Crippen LogP contribution in [0.15, 0.2) is 66.9 Å². The Morgan fingerprint density at radius 2 is 0.920 bits per heavy atom. The first-order valence-electron chi connectivity index (χ1n) is 21.9. The summed E-state index contributed by atoms with van der Waals surface area (Å²) in [7, 11) is 0. The Morgan fingerprint density at radius 1 is 0.500 bits per heavy atom. The zero-order valence-corrected chi connectivity index (χ0v) is 33.3. The van der Waals surface area contributed by atoms with Crippen LogP contribution in [0.5, 0.6) is 0 Å². The fourth-order valence-electron chi connectivity index (χ4n) is 7.87. The van der Waals surface area contributed by atoms with Gasteiger partial charge in [0.1, 0.15) is 11.9 Å². The van der Waals surface area contributed by atoms with Gasteiger partial charge in [0, 0.05) is 12.3 Å². The van der Waals surface area contributed by atoms with Crippen molar-refractivity contribution in [3.8, 4) is 0 Å². The predicted octanol–water partition coefficient (Wildman–Crippen LogP) is 14.5. The first-order chi connectivity index (χ1) is 24.7. The van der Waals surface area contributed by atoms with Crippen molar-refractivity contribution >= 4 is 0 Å². The zero-order chi connectivity index (χ0) is 35.3. The van der Waals surface area contributed by atoms with Crippen molar-refractivity contribution in [1.29, 1.82) is 0 Å². The molecule has 1 atom stereocenters. The molecule has 0 bridgehead atoms. The van der Waals surface area contributed by atoms with Crippen molar-refractivity contribution in [2.45, 2.75) is 213 Å². The maximum atomic E-state index is 2.76. The van der Waals surface area contributed by atoms with E-state index in [-0.39, 0.29) is 0 Å². The molecule has 2 heteroatoms. The molecule has 0 spiro atoms. The number of aromatic nitrogens is 2. The first-order valence-corrected chi connectivity index (χ1v) is 21.9. The Hall–Kier alpha value is -2.35. The number of nitrogens with zero attached hydrogens (tertiary/aromatic N) is 2. The van der Waals surface area contributed by atoms with Gasteiger partial charge < -0.3 is 0 Å². The minimum atomic E-state index is 0.488. The van der Waals surface area contributed by atoms with Crippen molar-refractivity contribution in [2.75, 3.05) is 0 Å². The number of aryl methyl sites for hydroxylation is 1. The summed E-state index contributed by atoms with van der Waals surface area (Å²) in [5.74, 6) is 1.99. The fourth-order valence-corrected chi connectivity index (χ4v) is 7.87. The molecule has 1 aromatic heterocycles. The highest BCUT2D eigenvalue weighted by Crippen LogP contribution is 2.21. The van der Waals surface area contributed by atoms with Crippen LogP contribution in [0.2, 0.25) is 0 Å². The maximum Gasteiger partial charge on any atom is 0.261 e. The summed E-state index contributed by atoms with van der Waals surface area (Å²) in [6.45, 7) is 9.24. The third-order valence-corrected chi connectivity index (χ3v) is 11.1. The van der Waals surface area contributed by atoms with E-state index in [1.165, 1.54) is 190 Å². The largest absolute Gasteiger partial charge is 0.261 e. The van der Waals surface area contributed by atoms with Gasteiger partial charge in [0.05, 0.1) is 19.5 Å². The molecule has 2 nitrogen and oxygen atoms in total. The van der Waals surface area contributed by atoms with E-state index in [1.54, 1.807) is 5.69 Å². The van der Waals surface area contributed by atoms with Crippen molar-refractivity contribution in [3.63, 3.8) is 0 Å². The molecule has 50 heavy (non-hydrogen) atoms. The number of benzene rings is 2. The minimum absolute atomic E-state index is 0.488. The van der Waals surface area contributed by atoms with Crippen molar-refractivity contribution < 1.29 is 4.57 Å². The van der Waals surface area contributed by atoms with Crippen LogP contribution in [0.25, 0.3) is 0 Å². The molecule has 0 radical (unpaired) electrons. The maximum absolute atomic E-state index is 2.76. The molecule has 280 valence electrons. The molecule has 0 aliphatic rings. The third-order valence-electron chi connectivity index (χ3n) is 11.1. The van der Waals surface area contributed by atoms with Crippen LogP contribution in [0.4, 0.5) is 0 Å². The summed E-state index contributed by atoms with van der Waals surface area (Å²) in [6.07, 6.45) is 40.1. The van der Waals surface area contributed by atoms with Gasteiger partial charge in [-0.3, -0.25) is 0 Å². The van der Waals surface area contributed by atoms with Gasteiger partial charge in [-0.15, -0.1) is 0 Å². The van der Waals surface area contributed by atoms with Crippen molar-refractivity contribution in [3.05, 3.63) is 89.5 Å². The molecule has 0 saturated carbocycles. The molecule has 0 amide bonds. The Morgan fingerprint density at radius 3 is 1.40 bits per heavy atom. The van der Waals surface area contributed by atoms with Gasteiger partial charge in [-0.05, 0) is 30.4 Å². The second-order valence-electron chi connectivity index (χ2n) is 15.7. The average Bonchev–Trinajstić information content (AvgIpc) is 3.45. The Bertz CT molecular complexity index is 1180. The standard InChI is InChI=1S/C48H79N2/c1-4-6-8-10-12-14-16-17-18-19-20-21-23-25-33-39-47-43-49(42-44(3)46-37-31-28-32-38-46)48(41-45-35-29-27-30-36-45)50(47)40-34-26-24-22-15-13-11-9-7-5-2/h27-32,35-38,43-44H,4-26,33-34,39-42H2,1-3H3/q+1. The summed E-state index contributed by atoms with van der Waals surface area (Å²) in [5, 5.41) is 0. The van der Waals surface area contributed by atoms with Crippen molar-refractivity contribution in [2.24, 2.45) is 0 Å². The number of hydrogen-bond donors (Lipinski definition) is 0. The second-order valence-corrected chi connectivity index (χ2v) is 15.7. The SMILES string of the molecule is CCCCCCCCCCCCCCCCCc1c[n+](CC(C)c2ccccc2)c(Cc2ccccc2)n1CCCCCCCCCCCC. The van der Waals surface area contributed by atoms with Gasteiger partial charge in [-0.2, -0.15) is 0 Å². The number of hydrogen-bond acceptors (Lipinski definition) is 0. The lowest BCUT2D eigenvalue weighted by atomic mass is 10.0. The van der Waals surface area contributed by atoms with Crippen LogP contribution in [0.1, 0.15) is 210 Å². The molecule has 0 saturated heterocycles. The van der Waals surface area contributed by atoms with E-state index in [4.69, 9.17) is 0 Å². The normalized spacial score (nSPS) is 12.1. The lowest BCUT2D eigenvalue weighted by Gasteiger charge is -2.12. The quantitative estimate of drug-likeness (QED) is 0.0457. The highest BCUT2D eigenvalue weighted by atomic mass is 15.2. The van der Waals surface area contributed by atoms with Gasteiger partial charge in [0.15, 0.2) is 0 Å². The molecule has 0 N–H and O–H groups in total. The topological polar surface area (TPSA) is 8.81 Å². The van der Waals surface area contributed by atoms with Crippen LogP contribution in [0, 0.1) is 0 Å². The molecule has 1 heterocycles. The monoisotopic (exact) mass is 684 g/mol. The van der Waals surface area contributed by atoms with E-state index in [2.05, 4.69) is 96.8 Å². The third kappa shape index (κ3) is 18.2. The van der Waals surface area contributed by atoms with E-state index in [9.17, 15) is 0 Å². The summed E-state index contributed by atoms with van der Waals surface area (Å²) in [6, 6.07) is 22.3. The van der Waals surface area contributed by atoms with E-state index in [1.807, 2.05) is 0 Å². The van der Waals surface area contributed by atoms with Gasteiger partial charge in [0.2, 0.25) is 0 Å². The molecule has 0 fully saturated rings. The van der Waals surface area contributed by atoms with Crippen LogP contribution < -0.4 is 4.57 Å². The second kappa shape index (κ2) is 28.3. The Kier molecular flexibility index (Phi) is 23.8. The highest BCUT2D eigenvalue weighted by Gasteiger charge is 2.25. The van der Waals surface area contributed by atoms with Crippen LogP contribution in [-0.4, -0.2) is 4.57 Å². The number of imidazole rings is 1. The average molecular weight is 684 g/mol. The van der Waals surface area contributed by atoms with Crippen LogP contribution in [0.3, 0.4) is 0 Å². The van der Waals surface area contributed by atoms with Gasteiger partial charge in [0.25, 0.3) is 5.82 Å². The van der Waals surface area contributed by atoms with E-state index in [0.29, 0.717) is 5.92 Å². The van der Waals surface area contributed by atoms with Crippen molar-refractivity contribution in [1.82, 2.24) is 4.57 Å². The van der Waals surface area contributed by atoms with Gasteiger partial charge in [-0.25, -0.2) is 9.13 Å². The van der Waals surface area contributed by atoms with Gasteiger partial charge in [-0.1, -0.05) is 223 Å². The lowest BCUT2D eigenvalue weighted by molar-refractivity contribution is -0.705. The number of unbranched alkanes of at least 4 members (excludes halogenated alkanes) is 23. The summed E-state index contributed by atoms with van der Waals surface area (Å²) in [4.78, 5) is 0. The molecule has 3 aromatic rings. The zero-order valence-electron chi connectivity index (χ0n) is 33.3. The molecule has 1 unspecified atom stereocenters. The molecule has 2 aromatic carbocycles. The van der Waals surface area contributed by atoms with Gasteiger partial charge >= 0.3 is 0 Å². The molecular formula is C48H79N2+. The summed E-state index contributed by atoms with van der Waals surface area (Å²) < 4.78 is 5.40. The molecular weight excluding hydrogens is 605 g/mol. The Balaban J connectivity index is 1.53. The minimum Gasteiger partial charge on any atom is -0.233 e. The van der Waals surface area contributed by atoms with Crippen LogP contribution >= 0.6 is 0 Å². The molecule has 0 aliphatic heterocycles. The van der Waals surface area contributed by atoms with E-state index >= 15 is 0 Å². The molecule has 3 rings (SSSR count). The fraction of sp³-hybridized carbons (Fsp3) is 0.688. The number of rotatable bonds is 32. The predicted molar refractivity (Wildman–Crippen MR) is 219 cm³/mol. The summed E-state index contributed by atoms with van der Waals surface area (Å²) >= 11 is 0. The molecule has 0 aliphatic carbocycles.